The number of likely N-dealkylation sites (tertiary alicyclic amines) is 2. The first kappa shape index (κ1) is 44.8. The molecule has 2 aliphatic heterocycles. The lowest BCUT2D eigenvalue weighted by Gasteiger charge is -2.42. The van der Waals surface area contributed by atoms with E-state index in [1.165, 1.54) is 21.9 Å². The van der Waals surface area contributed by atoms with E-state index >= 15 is 0 Å². The molecule has 2 unspecified atom stereocenters. The molecule has 2 aliphatic rings. The third kappa shape index (κ3) is 11.0. The van der Waals surface area contributed by atoms with Gasteiger partial charge in [0.05, 0.1) is 10.4 Å². The van der Waals surface area contributed by atoms with Crippen LogP contribution in [0.2, 0.25) is 0 Å². The van der Waals surface area contributed by atoms with Gasteiger partial charge in [0.2, 0.25) is 21.8 Å². The fourth-order valence-corrected chi connectivity index (χ4v) is 10.6. The molecule has 2 atom stereocenters. The van der Waals surface area contributed by atoms with Crippen molar-refractivity contribution in [3.8, 4) is 0 Å². The number of carbonyl (C=O) groups excluding carboxylic acids is 3. The van der Waals surface area contributed by atoms with Gasteiger partial charge in [-0.05, 0) is 125 Å². The number of hydrogen-bond acceptors (Lipinski definition) is 6. The van der Waals surface area contributed by atoms with E-state index in [1.807, 2.05) is 74.2 Å². The van der Waals surface area contributed by atoms with Gasteiger partial charge >= 0.3 is 6.09 Å². The summed E-state index contributed by atoms with van der Waals surface area (Å²) in [5, 5.41) is 0.322. The Morgan fingerprint density at radius 2 is 1.29 bits per heavy atom. The fraction of sp³-hybridized carbons (Fsp3) is 0.489. The number of sulfonamides is 1. The van der Waals surface area contributed by atoms with E-state index in [-0.39, 0.29) is 23.1 Å². The smallest absolute Gasteiger partial charge is 0.341 e. The topological polar surface area (TPSA) is 121 Å². The molecule has 0 bridgehead atoms. The van der Waals surface area contributed by atoms with Crippen molar-refractivity contribution in [1.29, 1.82) is 0 Å². The predicted molar refractivity (Wildman–Crippen MR) is 238 cm³/mol. The molecular formula is C45H57Br2N5O6S. The Morgan fingerprint density at radius 3 is 1.83 bits per heavy atom. The predicted octanol–water partition coefficient (Wildman–Crippen LogP) is 8.61. The van der Waals surface area contributed by atoms with Crippen molar-refractivity contribution in [2.45, 2.75) is 109 Å². The van der Waals surface area contributed by atoms with Crippen LogP contribution >= 0.6 is 31.9 Å². The van der Waals surface area contributed by atoms with Crippen LogP contribution in [0.25, 0.3) is 10.9 Å². The van der Waals surface area contributed by atoms with Crippen LogP contribution in [0.3, 0.4) is 0 Å². The van der Waals surface area contributed by atoms with E-state index in [0.29, 0.717) is 68.2 Å². The average molecular weight is 956 g/mol. The van der Waals surface area contributed by atoms with Crippen molar-refractivity contribution in [3.05, 3.63) is 99.1 Å². The first-order valence-electron chi connectivity index (χ1n) is 20.7. The van der Waals surface area contributed by atoms with Gasteiger partial charge < -0.3 is 14.6 Å². The van der Waals surface area contributed by atoms with Gasteiger partial charge in [0.1, 0.15) is 12.1 Å². The van der Waals surface area contributed by atoms with Gasteiger partial charge in [-0.3, -0.25) is 14.5 Å². The molecule has 2 fully saturated rings. The lowest BCUT2D eigenvalue weighted by molar-refractivity contribution is -0.140. The number of hydrogen-bond donors (Lipinski definition) is 1. The summed E-state index contributed by atoms with van der Waals surface area (Å²) in [7, 11) is -4.26. The van der Waals surface area contributed by atoms with Gasteiger partial charge in [-0.15, -0.1) is 0 Å². The molecule has 1 aromatic heterocycles. The molecule has 4 aromatic rings. The molecule has 14 heteroatoms. The number of aryl methyl sites for hydroxylation is 2. The Kier molecular flexibility index (Phi) is 14.7. The minimum Gasteiger partial charge on any atom is -0.341 e. The molecule has 3 amide bonds. The maximum absolute atomic E-state index is 14.5. The van der Waals surface area contributed by atoms with Crippen molar-refractivity contribution >= 4 is 70.7 Å². The van der Waals surface area contributed by atoms with Gasteiger partial charge in [-0.25, -0.2) is 13.2 Å². The molecule has 59 heavy (non-hydrogen) atoms. The quantitative estimate of drug-likeness (QED) is 0.143. The van der Waals surface area contributed by atoms with Gasteiger partial charge in [-0.2, -0.15) is 9.45 Å². The molecule has 0 aliphatic carbocycles. The maximum Gasteiger partial charge on any atom is 0.435 e. The molecule has 1 N–H and O–H groups in total. The van der Waals surface area contributed by atoms with Gasteiger partial charge in [0.25, 0.3) is 0 Å². The standard InChI is InChI=1S/C45H57Br2N5O6S/c1-31-21-26-49(27-22-31)42(53)38(19-17-33-11-6-8-13-36(33)46)48-59(56,57)41-16-10-15-39-35(41)25-30-51(39)58-44(55)52(45(3,4)5)40(20-18-34-12-7-9-14-37(34)47)43(54)50-28-23-32(2)24-29-50/h6-16,25,30-32,38,40,48H,17-24,26-29H2,1-5H3. The molecular weight excluding hydrogens is 898 g/mol. The average Bonchev–Trinajstić information content (AvgIpc) is 3.61. The Bertz CT molecular complexity index is 2220. The second-order valence-corrected chi connectivity index (χ2v) is 20.6. The van der Waals surface area contributed by atoms with Crippen LogP contribution in [0.1, 0.15) is 84.3 Å². The van der Waals surface area contributed by atoms with Crippen LogP contribution in [-0.4, -0.2) is 89.6 Å². The monoisotopic (exact) mass is 953 g/mol. The maximum atomic E-state index is 14.5. The normalized spacial score (nSPS) is 16.9. The highest BCUT2D eigenvalue weighted by Crippen LogP contribution is 2.30. The number of nitrogens with one attached hydrogen (secondary N) is 1. The summed E-state index contributed by atoms with van der Waals surface area (Å²) in [6.07, 6.45) is 5.97. The number of carbonyl (C=O) groups is 3. The zero-order chi connectivity index (χ0) is 42.5. The summed E-state index contributed by atoms with van der Waals surface area (Å²) in [5.41, 5.74) is 1.53. The number of aromatic nitrogens is 1. The third-order valence-electron chi connectivity index (χ3n) is 11.7. The number of halogens is 2. The number of nitrogens with zero attached hydrogens (tertiary/aromatic N) is 4. The Morgan fingerprint density at radius 1 is 0.763 bits per heavy atom. The zero-order valence-electron chi connectivity index (χ0n) is 34.7. The summed E-state index contributed by atoms with van der Waals surface area (Å²) in [4.78, 5) is 54.1. The highest BCUT2D eigenvalue weighted by Gasteiger charge is 2.41. The summed E-state index contributed by atoms with van der Waals surface area (Å²) in [6, 6.07) is 20.1. The molecule has 0 saturated carbocycles. The second kappa shape index (κ2) is 19.3. The molecule has 6 rings (SSSR count). The Labute approximate surface area is 366 Å². The van der Waals surface area contributed by atoms with E-state index < -0.39 is 33.7 Å². The largest absolute Gasteiger partial charge is 0.435 e. The zero-order valence-corrected chi connectivity index (χ0v) is 38.7. The van der Waals surface area contributed by atoms with Gasteiger partial charge in [0, 0.05) is 52.2 Å². The van der Waals surface area contributed by atoms with E-state index in [9.17, 15) is 22.8 Å². The minimum atomic E-state index is -4.26. The number of piperidine rings is 2. The van der Waals surface area contributed by atoms with Crippen molar-refractivity contribution in [1.82, 2.24) is 24.2 Å². The first-order valence-corrected chi connectivity index (χ1v) is 23.8. The van der Waals surface area contributed by atoms with E-state index in [1.54, 1.807) is 23.1 Å². The van der Waals surface area contributed by atoms with Gasteiger partial charge in [0.15, 0.2) is 0 Å². The van der Waals surface area contributed by atoms with Crippen molar-refractivity contribution in [2.75, 3.05) is 26.2 Å². The summed E-state index contributed by atoms with van der Waals surface area (Å²) in [5.74, 6) is 0.670. The summed E-state index contributed by atoms with van der Waals surface area (Å²) in [6.45, 7) is 12.4. The van der Waals surface area contributed by atoms with Crippen LogP contribution < -0.4 is 9.56 Å². The highest BCUT2D eigenvalue weighted by molar-refractivity contribution is 9.10. The number of benzene rings is 3. The summed E-state index contributed by atoms with van der Waals surface area (Å²) < 4.78 is 34.5. The third-order valence-corrected chi connectivity index (χ3v) is 14.8. The number of rotatable bonds is 13. The molecule has 3 heterocycles. The van der Waals surface area contributed by atoms with Crippen LogP contribution in [0.4, 0.5) is 4.79 Å². The van der Waals surface area contributed by atoms with Crippen molar-refractivity contribution < 1.29 is 27.6 Å². The second-order valence-electron chi connectivity index (χ2n) is 17.2. The van der Waals surface area contributed by atoms with Crippen LogP contribution in [0.5, 0.6) is 0 Å². The Balaban J connectivity index is 1.27. The van der Waals surface area contributed by atoms with Crippen molar-refractivity contribution in [2.24, 2.45) is 11.8 Å². The molecule has 2 saturated heterocycles. The lowest BCUT2D eigenvalue weighted by atomic mass is 9.95. The van der Waals surface area contributed by atoms with E-state index in [0.717, 1.165) is 45.8 Å². The highest BCUT2D eigenvalue weighted by atomic mass is 79.9. The SMILES string of the molecule is CC1CCN(C(=O)C(CCc2ccccc2Br)NS(=O)(=O)c2cccc3c2ccn3OC(=O)N(C(CCc2ccccc2Br)C(=O)N2CCC(C)CC2)C(C)(C)C)CC1. The minimum absolute atomic E-state index is 0.0377. The van der Waals surface area contributed by atoms with Gasteiger partial charge in [-0.1, -0.05) is 88.2 Å². The lowest BCUT2D eigenvalue weighted by Crippen LogP contribution is -2.60. The molecule has 318 valence electrons. The van der Waals surface area contributed by atoms with Crippen LogP contribution in [-0.2, 0) is 32.5 Å². The van der Waals surface area contributed by atoms with Crippen LogP contribution in [0, 0.1) is 11.8 Å². The summed E-state index contributed by atoms with van der Waals surface area (Å²) >= 11 is 7.23. The Hall–Kier alpha value is -3.72. The van der Waals surface area contributed by atoms with E-state index in [4.69, 9.17) is 4.84 Å². The number of amides is 3. The van der Waals surface area contributed by atoms with Crippen LogP contribution in [0.15, 0.2) is 92.8 Å². The van der Waals surface area contributed by atoms with E-state index in [2.05, 4.69) is 50.4 Å². The first-order chi connectivity index (χ1) is 28.0. The molecule has 11 nitrogen and oxygen atoms in total. The molecule has 3 aromatic carbocycles. The van der Waals surface area contributed by atoms with Crippen molar-refractivity contribution in [3.63, 3.8) is 0 Å². The molecule has 0 radical (unpaired) electrons. The fourth-order valence-electron chi connectivity index (χ4n) is 8.16. The molecule has 0 spiro atoms. The number of fused-ring (bicyclic) bond motifs is 1.